The molecule has 0 spiro atoms. The molecule has 0 radical (unpaired) electrons. The monoisotopic (exact) mass is 823 g/mol. The van der Waals surface area contributed by atoms with Crippen LogP contribution in [0.5, 0.6) is 0 Å². The fourth-order valence-electron chi connectivity index (χ4n) is 7.72. The van der Waals surface area contributed by atoms with Crippen molar-refractivity contribution in [2.24, 2.45) is 11.8 Å². The number of carbonyl (C=O) groups is 3. The highest BCUT2D eigenvalue weighted by molar-refractivity contribution is 5.72. The molecule has 2 atom stereocenters. The first kappa shape index (κ1) is 56.3. The summed E-state index contributed by atoms with van der Waals surface area (Å²) in [4.78, 5) is 42.1. The van der Waals surface area contributed by atoms with E-state index in [1.807, 2.05) is 19.0 Å². The Morgan fingerprint density at radius 1 is 0.379 bits per heavy atom. The molecule has 0 aliphatic carbocycles. The molecule has 0 fully saturated rings. The minimum absolute atomic E-state index is 0.0439. The standard InChI is InChI=1S/C50H98N2O6/c1-7-11-15-27-36-46(34-13-9-3)49(54)57-43-31-25-21-17-19-23-29-39-52(41-33-45-56-48(53)38-42-51(5)6)40-30-24-20-18-22-26-32-44-58-50(55)47(35-14-10-4)37-28-16-12-8-2/h46-47H,7-45H2,1-6H3. The van der Waals surface area contributed by atoms with Crippen molar-refractivity contribution in [1.82, 2.24) is 9.80 Å². The summed E-state index contributed by atoms with van der Waals surface area (Å²) in [6.07, 6.45) is 36.0. The normalized spacial score (nSPS) is 12.6. The zero-order valence-corrected chi connectivity index (χ0v) is 39.6. The van der Waals surface area contributed by atoms with E-state index in [-0.39, 0.29) is 29.7 Å². The van der Waals surface area contributed by atoms with Gasteiger partial charge in [0.2, 0.25) is 0 Å². The highest BCUT2D eigenvalue weighted by Crippen LogP contribution is 2.21. The Kier molecular flexibility index (Phi) is 42.2. The van der Waals surface area contributed by atoms with Gasteiger partial charge in [0.25, 0.3) is 0 Å². The molecule has 58 heavy (non-hydrogen) atoms. The lowest BCUT2D eigenvalue weighted by Gasteiger charge is -2.22. The average Bonchev–Trinajstić information content (AvgIpc) is 3.21. The molecule has 0 bridgehead atoms. The van der Waals surface area contributed by atoms with Gasteiger partial charge >= 0.3 is 17.9 Å². The van der Waals surface area contributed by atoms with Crippen LogP contribution >= 0.6 is 0 Å². The van der Waals surface area contributed by atoms with Gasteiger partial charge in [-0.15, -0.1) is 0 Å². The third-order valence-electron chi connectivity index (χ3n) is 11.7. The maximum absolute atomic E-state index is 12.7. The molecule has 2 unspecified atom stereocenters. The van der Waals surface area contributed by atoms with Gasteiger partial charge in [-0.2, -0.15) is 0 Å². The average molecular weight is 823 g/mol. The number of esters is 3. The van der Waals surface area contributed by atoms with E-state index in [9.17, 15) is 14.4 Å². The molecule has 8 heteroatoms. The van der Waals surface area contributed by atoms with E-state index in [2.05, 4.69) is 32.6 Å². The lowest BCUT2D eigenvalue weighted by atomic mass is 9.95. The van der Waals surface area contributed by atoms with Crippen LogP contribution in [0.1, 0.15) is 233 Å². The van der Waals surface area contributed by atoms with Crippen molar-refractivity contribution in [2.45, 2.75) is 233 Å². The number of unbranched alkanes of at least 4 members (excludes halogenated alkanes) is 20. The number of hydrogen-bond acceptors (Lipinski definition) is 8. The van der Waals surface area contributed by atoms with E-state index in [0.29, 0.717) is 26.2 Å². The Labute approximate surface area is 360 Å². The van der Waals surface area contributed by atoms with Crippen LogP contribution in [0, 0.1) is 11.8 Å². The van der Waals surface area contributed by atoms with Crippen LogP contribution < -0.4 is 0 Å². The first-order valence-corrected chi connectivity index (χ1v) is 25.1. The molecular weight excluding hydrogens is 725 g/mol. The molecule has 0 amide bonds. The third kappa shape index (κ3) is 37.3. The summed E-state index contributed by atoms with van der Waals surface area (Å²) in [6.45, 7) is 14.4. The zero-order chi connectivity index (χ0) is 42.7. The van der Waals surface area contributed by atoms with E-state index in [1.54, 1.807) is 0 Å². The molecule has 0 aliphatic rings. The molecule has 0 aliphatic heterocycles. The summed E-state index contributed by atoms with van der Waals surface area (Å²) in [5.74, 6) is 0.181. The summed E-state index contributed by atoms with van der Waals surface area (Å²) in [5.41, 5.74) is 0. The predicted molar refractivity (Wildman–Crippen MR) is 245 cm³/mol. The molecule has 0 heterocycles. The van der Waals surface area contributed by atoms with Gasteiger partial charge in [-0.3, -0.25) is 14.4 Å². The number of carbonyl (C=O) groups excluding carboxylic acids is 3. The molecule has 0 aromatic carbocycles. The van der Waals surface area contributed by atoms with Crippen LogP contribution in [0.15, 0.2) is 0 Å². The second kappa shape index (κ2) is 43.4. The molecule has 344 valence electrons. The smallest absolute Gasteiger partial charge is 0.308 e. The Balaban J connectivity index is 4.34. The third-order valence-corrected chi connectivity index (χ3v) is 11.7. The van der Waals surface area contributed by atoms with Crippen molar-refractivity contribution >= 4 is 17.9 Å². The fraction of sp³-hybridized carbons (Fsp3) is 0.940. The summed E-state index contributed by atoms with van der Waals surface area (Å²) in [5, 5.41) is 0. The first-order chi connectivity index (χ1) is 28.3. The second-order valence-corrected chi connectivity index (χ2v) is 17.6. The molecule has 0 aromatic rings. The van der Waals surface area contributed by atoms with Crippen molar-refractivity contribution in [3.63, 3.8) is 0 Å². The first-order valence-electron chi connectivity index (χ1n) is 25.1. The Bertz CT molecular complexity index is 859. The van der Waals surface area contributed by atoms with E-state index in [4.69, 9.17) is 14.2 Å². The molecule has 0 N–H and O–H groups in total. The summed E-state index contributed by atoms with van der Waals surface area (Å²) in [6, 6.07) is 0. The second-order valence-electron chi connectivity index (χ2n) is 17.6. The Morgan fingerprint density at radius 3 is 1.14 bits per heavy atom. The Morgan fingerprint density at radius 2 is 0.724 bits per heavy atom. The minimum Gasteiger partial charge on any atom is -0.466 e. The van der Waals surface area contributed by atoms with E-state index in [1.165, 1.54) is 103 Å². The van der Waals surface area contributed by atoms with Crippen molar-refractivity contribution in [3.05, 3.63) is 0 Å². The van der Waals surface area contributed by atoms with Gasteiger partial charge in [0.05, 0.1) is 38.1 Å². The lowest BCUT2D eigenvalue weighted by Crippen LogP contribution is -2.28. The molecule has 8 nitrogen and oxygen atoms in total. The zero-order valence-electron chi connectivity index (χ0n) is 39.6. The number of rotatable bonds is 45. The summed E-state index contributed by atoms with van der Waals surface area (Å²) < 4.78 is 17.0. The maximum Gasteiger partial charge on any atom is 0.308 e. The van der Waals surface area contributed by atoms with Crippen LogP contribution in [-0.2, 0) is 28.6 Å². The number of ether oxygens (including phenoxy) is 3. The molecular formula is C50H98N2O6. The van der Waals surface area contributed by atoms with Gasteiger partial charge < -0.3 is 24.0 Å². The van der Waals surface area contributed by atoms with Gasteiger partial charge in [-0.25, -0.2) is 0 Å². The highest BCUT2D eigenvalue weighted by atomic mass is 16.5. The summed E-state index contributed by atoms with van der Waals surface area (Å²) in [7, 11) is 3.95. The molecule has 0 saturated heterocycles. The van der Waals surface area contributed by atoms with E-state index in [0.717, 1.165) is 122 Å². The topological polar surface area (TPSA) is 85.4 Å². The van der Waals surface area contributed by atoms with Gasteiger partial charge in [-0.05, 0) is 85.0 Å². The van der Waals surface area contributed by atoms with Crippen molar-refractivity contribution in [2.75, 3.05) is 60.1 Å². The summed E-state index contributed by atoms with van der Waals surface area (Å²) >= 11 is 0. The van der Waals surface area contributed by atoms with Crippen molar-refractivity contribution in [3.8, 4) is 0 Å². The van der Waals surface area contributed by atoms with Gasteiger partial charge in [-0.1, -0.05) is 169 Å². The number of nitrogens with zero attached hydrogens (tertiary/aromatic N) is 2. The Hall–Kier alpha value is -1.67. The largest absolute Gasteiger partial charge is 0.466 e. The maximum atomic E-state index is 12.7. The van der Waals surface area contributed by atoms with Gasteiger partial charge in [0.15, 0.2) is 0 Å². The molecule has 0 rings (SSSR count). The van der Waals surface area contributed by atoms with E-state index < -0.39 is 0 Å². The minimum atomic E-state index is -0.0977. The van der Waals surface area contributed by atoms with E-state index >= 15 is 0 Å². The predicted octanol–water partition coefficient (Wildman–Crippen LogP) is 13.3. The lowest BCUT2D eigenvalue weighted by molar-refractivity contribution is -0.150. The van der Waals surface area contributed by atoms with Crippen LogP contribution in [0.25, 0.3) is 0 Å². The van der Waals surface area contributed by atoms with Crippen LogP contribution in [0.4, 0.5) is 0 Å². The fourth-order valence-corrected chi connectivity index (χ4v) is 7.72. The quantitative estimate of drug-likeness (QED) is 0.0341. The van der Waals surface area contributed by atoms with Gasteiger partial charge in [0, 0.05) is 13.1 Å². The van der Waals surface area contributed by atoms with Crippen LogP contribution in [-0.4, -0.2) is 87.8 Å². The SMILES string of the molecule is CCCCCCC(CCCC)C(=O)OCCCCCCCCCN(CCCCCCCCCOC(=O)C(CCCC)CCCCCC)CCCOC(=O)CCN(C)C. The van der Waals surface area contributed by atoms with Crippen LogP contribution in [0.2, 0.25) is 0 Å². The van der Waals surface area contributed by atoms with Crippen LogP contribution in [0.3, 0.4) is 0 Å². The molecule has 0 saturated carbocycles. The highest BCUT2D eigenvalue weighted by Gasteiger charge is 2.20. The molecule has 0 aromatic heterocycles. The van der Waals surface area contributed by atoms with Gasteiger partial charge in [0.1, 0.15) is 0 Å². The number of hydrogen-bond donors (Lipinski definition) is 0. The van der Waals surface area contributed by atoms with Crippen molar-refractivity contribution < 1.29 is 28.6 Å². The van der Waals surface area contributed by atoms with Crippen molar-refractivity contribution in [1.29, 1.82) is 0 Å².